The third-order valence-electron chi connectivity index (χ3n) is 4.55. The molecule has 1 atom stereocenters. The number of nitrogens with zero attached hydrogens (tertiary/aromatic N) is 1. The van der Waals surface area contributed by atoms with Crippen molar-refractivity contribution in [1.29, 1.82) is 0 Å². The Morgan fingerprint density at radius 1 is 1.22 bits per heavy atom. The molecule has 4 nitrogen and oxygen atoms in total. The summed E-state index contributed by atoms with van der Waals surface area (Å²) in [6.45, 7) is 2.46. The molecule has 144 valence electrons. The molecule has 7 heteroatoms. The second kappa shape index (κ2) is 7.50. The van der Waals surface area contributed by atoms with Crippen LogP contribution in [0.3, 0.4) is 0 Å². The van der Waals surface area contributed by atoms with E-state index in [9.17, 15) is 18.0 Å². The van der Waals surface area contributed by atoms with E-state index in [0.717, 1.165) is 37.2 Å². The van der Waals surface area contributed by atoms with Crippen molar-refractivity contribution in [3.63, 3.8) is 0 Å². The molecule has 0 radical (unpaired) electrons. The summed E-state index contributed by atoms with van der Waals surface area (Å²) < 4.78 is 43.7. The highest BCUT2D eigenvalue weighted by molar-refractivity contribution is 5.94. The summed E-state index contributed by atoms with van der Waals surface area (Å²) in [6, 6.07) is 10.2. The smallest absolute Gasteiger partial charge is 0.416 e. The lowest BCUT2D eigenvalue weighted by Crippen LogP contribution is -2.30. The Kier molecular flexibility index (Phi) is 5.30. The quantitative estimate of drug-likeness (QED) is 0.852. The van der Waals surface area contributed by atoms with E-state index in [1.807, 2.05) is 25.2 Å². The van der Waals surface area contributed by atoms with E-state index in [1.165, 1.54) is 24.6 Å². The number of benzene rings is 2. The van der Waals surface area contributed by atoms with E-state index in [4.69, 9.17) is 4.74 Å². The zero-order chi connectivity index (χ0) is 19.6. The number of ether oxygens (including phenoxy) is 1. The minimum Gasteiger partial charge on any atom is -0.481 e. The molecule has 2 aromatic carbocycles. The first-order valence-corrected chi connectivity index (χ1v) is 8.73. The average Bonchev–Trinajstić information content (AvgIpc) is 2.62. The normalized spacial score (nSPS) is 15.1. The molecular formula is C20H21F3N2O2. The van der Waals surface area contributed by atoms with E-state index in [1.54, 1.807) is 0 Å². The van der Waals surface area contributed by atoms with Crippen molar-refractivity contribution in [2.75, 3.05) is 23.8 Å². The van der Waals surface area contributed by atoms with Crippen molar-refractivity contribution >= 4 is 17.3 Å². The highest BCUT2D eigenvalue weighted by atomic mass is 19.4. The number of hydrogen-bond donors (Lipinski definition) is 1. The fourth-order valence-electron chi connectivity index (χ4n) is 3.08. The lowest BCUT2D eigenvalue weighted by Gasteiger charge is -2.28. The molecule has 1 aliphatic rings. The van der Waals surface area contributed by atoms with E-state index in [-0.39, 0.29) is 5.75 Å². The maximum Gasteiger partial charge on any atom is 0.416 e. The van der Waals surface area contributed by atoms with Gasteiger partial charge in [0.05, 0.1) is 5.56 Å². The molecule has 1 amide bonds. The van der Waals surface area contributed by atoms with Crippen LogP contribution in [0.2, 0.25) is 0 Å². The van der Waals surface area contributed by atoms with Gasteiger partial charge >= 0.3 is 6.18 Å². The fourth-order valence-corrected chi connectivity index (χ4v) is 3.08. The van der Waals surface area contributed by atoms with Gasteiger partial charge in [-0.15, -0.1) is 0 Å². The van der Waals surface area contributed by atoms with E-state index in [0.29, 0.717) is 5.69 Å². The molecule has 2 aromatic rings. The van der Waals surface area contributed by atoms with Crippen LogP contribution in [0.5, 0.6) is 5.75 Å². The Morgan fingerprint density at radius 3 is 2.74 bits per heavy atom. The van der Waals surface area contributed by atoms with Gasteiger partial charge in [-0.05, 0) is 55.7 Å². The number of carbonyl (C=O) groups excluding carboxylic acids is 1. The Hall–Kier alpha value is -2.70. The molecule has 0 saturated heterocycles. The Balaban J connectivity index is 1.67. The van der Waals surface area contributed by atoms with Gasteiger partial charge in [-0.25, -0.2) is 0 Å². The minimum absolute atomic E-state index is 0.00218. The first-order chi connectivity index (χ1) is 12.7. The molecule has 27 heavy (non-hydrogen) atoms. The molecule has 1 unspecified atom stereocenters. The molecular weight excluding hydrogens is 357 g/mol. The number of amides is 1. The van der Waals surface area contributed by atoms with Gasteiger partial charge in [0, 0.05) is 25.0 Å². The molecule has 0 spiro atoms. The molecule has 0 bridgehead atoms. The zero-order valence-corrected chi connectivity index (χ0v) is 15.1. The number of hydrogen-bond acceptors (Lipinski definition) is 3. The summed E-state index contributed by atoms with van der Waals surface area (Å²) in [5, 5.41) is 2.76. The molecule has 1 heterocycles. The maximum atomic E-state index is 12.8. The Morgan fingerprint density at radius 2 is 2.00 bits per heavy atom. The van der Waals surface area contributed by atoms with Gasteiger partial charge in [0.25, 0.3) is 5.91 Å². The van der Waals surface area contributed by atoms with Gasteiger partial charge in [-0.1, -0.05) is 12.1 Å². The summed E-state index contributed by atoms with van der Waals surface area (Å²) in [5.41, 5.74) is 2.12. The molecule has 0 aliphatic carbocycles. The van der Waals surface area contributed by atoms with Gasteiger partial charge in [-0.2, -0.15) is 13.2 Å². The van der Waals surface area contributed by atoms with Crippen molar-refractivity contribution in [1.82, 2.24) is 0 Å². The number of rotatable bonds is 4. The van der Waals surface area contributed by atoms with E-state index < -0.39 is 23.8 Å². The molecule has 0 aromatic heterocycles. The van der Waals surface area contributed by atoms with Crippen LogP contribution in [-0.2, 0) is 17.4 Å². The lowest BCUT2D eigenvalue weighted by atomic mass is 10.0. The predicted molar refractivity (Wildman–Crippen MR) is 98.2 cm³/mol. The monoisotopic (exact) mass is 378 g/mol. The number of aryl methyl sites for hydroxylation is 1. The topological polar surface area (TPSA) is 41.6 Å². The van der Waals surface area contributed by atoms with Crippen LogP contribution in [0, 0.1) is 0 Å². The van der Waals surface area contributed by atoms with Crippen LogP contribution in [0.1, 0.15) is 24.5 Å². The maximum absolute atomic E-state index is 12.8. The van der Waals surface area contributed by atoms with Crippen molar-refractivity contribution in [2.24, 2.45) is 0 Å². The minimum atomic E-state index is -4.46. The highest BCUT2D eigenvalue weighted by Crippen LogP contribution is 2.32. The van der Waals surface area contributed by atoms with Crippen molar-refractivity contribution in [3.8, 4) is 5.75 Å². The first-order valence-electron chi connectivity index (χ1n) is 8.73. The van der Waals surface area contributed by atoms with Gasteiger partial charge in [-0.3, -0.25) is 4.79 Å². The molecule has 0 saturated carbocycles. The van der Waals surface area contributed by atoms with Crippen LogP contribution in [-0.4, -0.2) is 25.6 Å². The van der Waals surface area contributed by atoms with E-state index in [2.05, 4.69) is 10.2 Å². The predicted octanol–water partition coefficient (Wildman–Crippen LogP) is 4.49. The summed E-state index contributed by atoms with van der Waals surface area (Å²) in [5.74, 6) is -0.427. The van der Waals surface area contributed by atoms with Crippen LogP contribution in [0.15, 0.2) is 42.5 Å². The standard InChI is InChI=1S/C20H21F3N2O2/c1-13(27-17-7-3-6-15(11-17)20(21,22)23)19(26)24-16-9-8-14-5-4-10-25(2)18(14)12-16/h3,6-9,11-13H,4-5,10H2,1-2H3,(H,24,26). The number of halogens is 3. The van der Waals surface area contributed by atoms with Crippen molar-refractivity contribution in [3.05, 3.63) is 53.6 Å². The number of carbonyl (C=O) groups is 1. The summed E-state index contributed by atoms with van der Waals surface area (Å²) in [6.07, 6.45) is -3.30. The fraction of sp³-hybridized carbons (Fsp3) is 0.350. The van der Waals surface area contributed by atoms with Crippen LogP contribution in [0.4, 0.5) is 24.5 Å². The highest BCUT2D eigenvalue weighted by Gasteiger charge is 2.31. The van der Waals surface area contributed by atoms with Crippen LogP contribution < -0.4 is 15.0 Å². The number of alkyl halides is 3. The first kappa shape index (κ1) is 19.1. The third kappa shape index (κ3) is 4.53. The summed E-state index contributed by atoms with van der Waals surface area (Å²) in [4.78, 5) is 14.5. The third-order valence-corrected chi connectivity index (χ3v) is 4.55. The SMILES string of the molecule is CC(Oc1cccc(C(F)(F)F)c1)C(=O)Nc1ccc2c(c1)N(C)CCC2. The van der Waals surface area contributed by atoms with E-state index >= 15 is 0 Å². The summed E-state index contributed by atoms with van der Waals surface area (Å²) in [7, 11) is 2.00. The Bertz CT molecular complexity index is 836. The largest absolute Gasteiger partial charge is 0.481 e. The Labute approximate surface area is 155 Å². The van der Waals surface area contributed by atoms with Gasteiger partial charge in [0.15, 0.2) is 6.10 Å². The van der Waals surface area contributed by atoms with Crippen LogP contribution >= 0.6 is 0 Å². The van der Waals surface area contributed by atoms with Gasteiger partial charge in [0.1, 0.15) is 5.75 Å². The zero-order valence-electron chi connectivity index (χ0n) is 15.1. The molecule has 1 N–H and O–H groups in total. The summed E-state index contributed by atoms with van der Waals surface area (Å²) >= 11 is 0. The van der Waals surface area contributed by atoms with Gasteiger partial charge < -0.3 is 15.0 Å². The van der Waals surface area contributed by atoms with Gasteiger partial charge in [0.2, 0.25) is 0 Å². The number of anilines is 2. The molecule has 1 aliphatic heterocycles. The average molecular weight is 378 g/mol. The van der Waals surface area contributed by atoms with Crippen molar-refractivity contribution < 1.29 is 22.7 Å². The lowest BCUT2D eigenvalue weighted by molar-refractivity contribution is -0.137. The number of fused-ring (bicyclic) bond motifs is 1. The number of nitrogens with one attached hydrogen (secondary N) is 1. The second-order valence-corrected chi connectivity index (χ2v) is 6.64. The second-order valence-electron chi connectivity index (χ2n) is 6.64. The van der Waals surface area contributed by atoms with Crippen LogP contribution in [0.25, 0.3) is 0 Å². The van der Waals surface area contributed by atoms with Crippen molar-refractivity contribution in [2.45, 2.75) is 32.0 Å². The molecule has 0 fully saturated rings. The molecule has 3 rings (SSSR count).